The minimum absolute atomic E-state index is 0.0725. The van der Waals surface area contributed by atoms with Gasteiger partial charge in [0.2, 0.25) is 10.0 Å². The summed E-state index contributed by atoms with van der Waals surface area (Å²) in [6.07, 6.45) is 1.98. The van der Waals surface area contributed by atoms with Gasteiger partial charge in [-0.05, 0) is 48.9 Å². The summed E-state index contributed by atoms with van der Waals surface area (Å²) in [6.45, 7) is 9.08. The van der Waals surface area contributed by atoms with Crippen molar-refractivity contribution in [1.82, 2.24) is 4.31 Å². The van der Waals surface area contributed by atoms with Crippen LogP contribution in [0.5, 0.6) is 0 Å². The second-order valence-corrected chi connectivity index (χ2v) is 8.91. The summed E-state index contributed by atoms with van der Waals surface area (Å²) in [5.74, 6) is 0. The summed E-state index contributed by atoms with van der Waals surface area (Å²) in [6, 6.07) is 5.34. The molecule has 118 valence electrons. The molecule has 1 aliphatic rings. The van der Waals surface area contributed by atoms with Crippen LogP contribution in [0.1, 0.15) is 39.7 Å². The van der Waals surface area contributed by atoms with Crippen LogP contribution in [0.3, 0.4) is 0 Å². The number of benzene rings is 1. The zero-order valence-corrected chi connectivity index (χ0v) is 14.4. The highest BCUT2D eigenvalue weighted by Crippen LogP contribution is 2.30. The van der Waals surface area contributed by atoms with Gasteiger partial charge in [-0.1, -0.05) is 20.8 Å². The fourth-order valence-electron chi connectivity index (χ4n) is 2.53. The third kappa shape index (κ3) is 3.24. The lowest BCUT2D eigenvalue weighted by molar-refractivity contribution is 0.216. The molecule has 0 saturated heterocycles. The number of fused-ring (bicyclic) bond motifs is 1. The maximum absolute atomic E-state index is 12.8. The Morgan fingerprint density at radius 1 is 1.29 bits per heavy atom. The van der Waals surface area contributed by atoms with Gasteiger partial charge in [0.1, 0.15) is 0 Å². The first kappa shape index (κ1) is 16.3. The van der Waals surface area contributed by atoms with Crippen LogP contribution < -0.4 is 5.32 Å². The lowest BCUT2D eigenvalue weighted by Gasteiger charge is -2.34. The molecular formula is C16H26N2O2S. The van der Waals surface area contributed by atoms with E-state index in [1.807, 2.05) is 19.1 Å². The fourth-order valence-corrected chi connectivity index (χ4v) is 4.13. The molecular weight excluding hydrogens is 284 g/mol. The Morgan fingerprint density at radius 2 is 1.95 bits per heavy atom. The van der Waals surface area contributed by atoms with Crippen LogP contribution in [0.25, 0.3) is 0 Å². The van der Waals surface area contributed by atoms with Crippen molar-refractivity contribution in [1.29, 1.82) is 0 Å². The quantitative estimate of drug-likeness (QED) is 0.933. The predicted octanol–water partition coefficient (Wildman–Crippen LogP) is 3.10. The SMILES string of the molecule is CC(N(C)S(=O)(=O)c1ccc2c(c1)CCCN2)C(C)(C)C. The van der Waals surface area contributed by atoms with E-state index in [9.17, 15) is 8.42 Å². The fraction of sp³-hybridized carbons (Fsp3) is 0.625. The van der Waals surface area contributed by atoms with Gasteiger partial charge in [-0.25, -0.2) is 8.42 Å². The van der Waals surface area contributed by atoms with E-state index >= 15 is 0 Å². The molecule has 0 bridgehead atoms. The van der Waals surface area contributed by atoms with Crippen molar-refractivity contribution in [2.45, 2.75) is 51.5 Å². The van der Waals surface area contributed by atoms with Crippen molar-refractivity contribution in [2.24, 2.45) is 5.41 Å². The lowest BCUT2D eigenvalue weighted by atomic mass is 9.88. The Hall–Kier alpha value is -1.07. The van der Waals surface area contributed by atoms with Crippen LogP contribution in [0.4, 0.5) is 5.69 Å². The average Bonchev–Trinajstić information content (AvgIpc) is 2.44. The first-order chi connectivity index (χ1) is 9.64. The molecule has 5 heteroatoms. The summed E-state index contributed by atoms with van der Waals surface area (Å²) in [7, 11) is -1.78. The molecule has 1 heterocycles. The third-order valence-electron chi connectivity index (χ3n) is 4.49. The molecule has 4 nitrogen and oxygen atoms in total. The van der Waals surface area contributed by atoms with Gasteiger partial charge < -0.3 is 5.32 Å². The Kier molecular flexibility index (Phi) is 4.36. The van der Waals surface area contributed by atoms with E-state index in [2.05, 4.69) is 26.1 Å². The van der Waals surface area contributed by atoms with Crippen molar-refractivity contribution >= 4 is 15.7 Å². The van der Waals surface area contributed by atoms with Crippen molar-refractivity contribution in [2.75, 3.05) is 18.9 Å². The Balaban J connectivity index is 2.35. The van der Waals surface area contributed by atoms with E-state index in [1.54, 1.807) is 13.1 Å². The molecule has 0 saturated carbocycles. The van der Waals surface area contributed by atoms with Crippen LogP contribution in [0.15, 0.2) is 23.1 Å². The van der Waals surface area contributed by atoms with Gasteiger partial charge in [0.15, 0.2) is 0 Å². The molecule has 2 rings (SSSR count). The van der Waals surface area contributed by atoms with Crippen molar-refractivity contribution in [3.63, 3.8) is 0 Å². The van der Waals surface area contributed by atoms with Gasteiger partial charge in [-0.3, -0.25) is 0 Å². The maximum atomic E-state index is 12.8. The summed E-state index contributed by atoms with van der Waals surface area (Å²) in [5, 5.41) is 3.31. The minimum Gasteiger partial charge on any atom is -0.385 e. The molecule has 0 radical (unpaired) electrons. The van der Waals surface area contributed by atoms with E-state index in [1.165, 1.54) is 4.31 Å². The van der Waals surface area contributed by atoms with E-state index < -0.39 is 10.0 Å². The number of hydrogen-bond acceptors (Lipinski definition) is 3. The number of nitrogens with zero attached hydrogens (tertiary/aromatic N) is 1. The second-order valence-electron chi connectivity index (χ2n) is 6.91. The molecule has 21 heavy (non-hydrogen) atoms. The first-order valence-electron chi connectivity index (χ1n) is 7.49. The van der Waals surface area contributed by atoms with Gasteiger partial charge >= 0.3 is 0 Å². The standard InChI is InChI=1S/C16H26N2O2S/c1-12(16(2,3)4)18(5)21(19,20)14-8-9-15-13(11-14)7-6-10-17-15/h8-9,11-12,17H,6-7,10H2,1-5H3. The summed E-state index contributed by atoms with van der Waals surface area (Å²) in [4.78, 5) is 0.392. The van der Waals surface area contributed by atoms with Crippen LogP contribution in [-0.4, -0.2) is 32.4 Å². The van der Waals surface area contributed by atoms with Crippen LogP contribution in [0.2, 0.25) is 0 Å². The van der Waals surface area contributed by atoms with Crippen molar-refractivity contribution in [3.8, 4) is 0 Å². The largest absolute Gasteiger partial charge is 0.385 e. The Morgan fingerprint density at radius 3 is 2.57 bits per heavy atom. The first-order valence-corrected chi connectivity index (χ1v) is 8.93. The van der Waals surface area contributed by atoms with Crippen LogP contribution in [0, 0.1) is 5.41 Å². The highest BCUT2D eigenvalue weighted by molar-refractivity contribution is 7.89. The van der Waals surface area contributed by atoms with Gasteiger partial charge in [0.25, 0.3) is 0 Å². The summed E-state index contributed by atoms with van der Waals surface area (Å²) in [5.41, 5.74) is 2.06. The highest BCUT2D eigenvalue weighted by Gasteiger charge is 2.32. The van der Waals surface area contributed by atoms with Crippen LogP contribution in [-0.2, 0) is 16.4 Å². The molecule has 1 atom stereocenters. The molecule has 1 unspecified atom stereocenters. The lowest BCUT2D eigenvalue weighted by Crippen LogP contribution is -2.42. The zero-order chi connectivity index (χ0) is 15.8. The van der Waals surface area contributed by atoms with E-state index in [-0.39, 0.29) is 11.5 Å². The smallest absolute Gasteiger partial charge is 0.243 e. The van der Waals surface area contributed by atoms with Gasteiger partial charge in [0, 0.05) is 25.3 Å². The summed E-state index contributed by atoms with van der Waals surface area (Å²) < 4.78 is 27.1. The van der Waals surface area contributed by atoms with Crippen LogP contribution >= 0.6 is 0 Å². The molecule has 0 spiro atoms. The minimum atomic E-state index is -3.45. The Bertz CT molecular complexity index is 618. The molecule has 0 aromatic heterocycles. The monoisotopic (exact) mass is 310 g/mol. The topological polar surface area (TPSA) is 49.4 Å². The highest BCUT2D eigenvalue weighted by atomic mass is 32.2. The molecule has 1 aromatic rings. The van der Waals surface area contributed by atoms with Crippen molar-refractivity contribution < 1.29 is 8.42 Å². The predicted molar refractivity (Wildman–Crippen MR) is 87.1 cm³/mol. The molecule has 1 N–H and O–H groups in total. The van der Waals surface area contributed by atoms with Gasteiger partial charge in [-0.15, -0.1) is 0 Å². The zero-order valence-electron chi connectivity index (χ0n) is 13.6. The number of nitrogens with one attached hydrogen (secondary N) is 1. The molecule has 0 aliphatic carbocycles. The second kappa shape index (κ2) is 5.61. The summed E-state index contributed by atoms with van der Waals surface area (Å²) >= 11 is 0. The van der Waals surface area contributed by atoms with Gasteiger partial charge in [-0.2, -0.15) is 4.31 Å². The van der Waals surface area contributed by atoms with Crippen molar-refractivity contribution in [3.05, 3.63) is 23.8 Å². The number of anilines is 1. The third-order valence-corrected chi connectivity index (χ3v) is 6.41. The van der Waals surface area contributed by atoms with Gasteiger partial charge in [0.05, 0.1) is 4.90 Å². The average molecular weight is 310 g/mol. The molecule has 1 aromatic carbocycles. The van der Waals surface area contributed by atoms with E-state index in [4.69, 9.17) is 0 Å². The van der Waals surface area contributed by atoms with E-state index in [0.717, 1.165) is 30.6 Å². The maximum Gasteiger partial charge on any atom is 0.243 e. The number of rotatable bonds is 3. The molecule has 1 aliphatic heterocycles. The normalized spacial score (nSPS) is 17.2. The molecule has 0 fully saturated rings. The Labute approximate surface area is 128 Å². The molecule has 0 amide bonds. The van der Waals surface area contributed by atoms with E-state index in [0.29, 0.717) is 4.90 Å². The number of hydrogen-bond donors (Lipinski definition) is 1. The number of sulfonamides is 1. The number of aryl methyl sites for hydroxylation is 1.